The van der Waals surface area contributed by atoms with Crippen LogP contribution >= 0.6 is 0 Å². The van der Waals surface area contributed by atoms with Crippen molar-refractivity contribution in [2.75, 3.05) is 0 Å². The standard InChI is InChI=1S/C12H14O/c1-3-8-9(4-2)11-6-5-10(8)12(11)7-13/h3-12H,1-2H2/t8-,9+,10-,11+,12?. The molecule has 2 bridgehead atoms. The number of fused-ring (bicyclic) bond motifs is 2. The van der Waals surface area contributed by atoms with Gasteiger partial charge in [-0.25, -0.2) is 0 Å². The molecule has 0 N–H and O–H groups in total. The van der Waals surface area contributed by atoms with E-state index in [0.717, 1.165) is 6.29 Å². The quantitative estimate of drug-likeness (QED) is 0.473. The normalized spacial score (nSPS) is 46.3. The molecule has 1 fully saturated rings. The van der Waals surface area contributed by atoms with Gasteiger partial charge in [-0.05, 0) is 23.7 Å². The molecule has 0 radical (unpaired) electrons. The molecule has 1 saturated carbocycles. The van der Waals surface area contributed by atoms with Crippen molar-refractivity contribution in [2.24, 2.45) is 29.6 Å². The average Bonchev–Trinajstić information content (AvgIpc) is 2.70. The smallest absolute Gasteiger partial charge is 0.124 e. The van der Waals surface area contributed by atoms with Crippen LogP contribution < -0.4 is 0 Å². The minimum absolute atomic E-state index is 0.172. The molecule has 0 saturated heterocycles. The Kier molecular flexibility index (Phi) is 1.95. The van der Waals surface area contributed by atoms with E-state index in [1.165, 1.54) is 0 Å². The summed E-state index contributed by atoms with van der Waals surface area (Å²) in [5, 5.41) is 0. The minimum Gasteiger partial charge on any atom is -0.303 e. The monoisotopic (exact) mass is 174 g/mol. The minimum atomic E-state index is 0.172. The maximum atomic E-state index is 10.9. The first-order valence-electron chi connectivity index (χ1n) is 4.72. The van der Waals surface area contributed by atoms with Crippen molar-refractivity contribution in [3.05, 3.63) is 37.5 Å². The molecule has 1 heteroatoms. The Balaban J connectivity index is 2.34. The molecule has 5 atom stereocenters. The SMILES string of the molecule is C=C[C@@H]1[C@H](C=C)[C@@H]2C=C[C@H]1C2C=O. The number of allylic oxidation sites excluding steroid dienone is 4. The second-order valence-electron chi connectivity index (χ2n) is 3.88. The van der Waals surface area contributed by atoms with Crippen LogP contribution in [0.4, 0.5) is 0 Å². The van der Waals surface area contributed by atoms with Crippen LogP contribution in [-0.2, 0) is 4.79 Å². The van der Waals surface area contributed by atoms with Crippen LogP contribution in [0.3, 0.4) is 0 Å². The van der Waals surface area contributed by atoms with Gasteiger partial charge in [0.05, 0.1) is 0 Å². The molecule has 0 aromatic heterocycles. The lowest BCUT2D eigenvalue weighted by molar-refractivity contribution is -0.112. The lowest BCUT2D eigenvalue weighted by atomic mass is 9.83. The molecule has 2 aliphatic rings. The summed E-state index contributed by atoms with van der Waals surface area (Å²) in [4.78, 5) is 10.9. The number of carbonyl (C=O) groups excluding carboxylic acids is 1. The predicted molar refractivity (Wildman–Crippen MR) is 53.0 cm³/mol. The highest BCUT2D eigenvalue weighted by Crippen LogP contribution is 2.52. The molecule has 0 aliphatic heterocycles. The zero-order valence-electron chi connectivity index (χ0n) is 7.60. The summed E-state index contributed by atoms with van der Waals surface area (Å²) in [6, 6.07) is 0. The first kappa shape index (κ1) is 8.49. The van der Waals surface area contributed by atoms with E-state index >= 15 is 0 Å². The van der Waals surface area contributed by atoms with Crippen molar-refractivity contribution in [2.45, 2.75) is 0 Å². The molecule has 2 aliphatic carbocycles. The molecular weight excluding hydrogens is 160 g/mol. The van der Waals surface area contributed by atoms with Gasteiger partial charge in [0, 0.05) is 5.92 Å². The van der Waals surface area contributed by atoms with Crippen LogP contribution in [0.5, 0.6) is 0 Å². The third-order valence-electron chi connectivity index (χ3n) is 3.48. The highest BCUT2D eigenvalue weighted by Gasteiger charge is 2.48. The van der Waals surface area contributed by atoms with E-state index in [-0.39, 0.29) is 5.92 Å². The number of aldehydes is 1. The van der Waals surface area contributed by atoms with Gasteiger partial charge in [-0.1, -0.05) is 24.3 Å². The van der Waals surface area contributed by atoms with Gasteiger partial charge >= 0.3 is 0 Å². The highest BCUT2D eigenvalue weighted by molar-refractivity contribution is 5.59. The van der Waals surface area contributed by atoms with Crippen molar-refractivity contribution in [3.8, 4) is 0 Å². The Bertz CT molecular complexity index is 249. The van der Waals surface area contributed by atoms with Crippen molar-refractivity contribution in [3.63, 3.8) is 0 Å². The first-order chi connectivity index (χ1) is 6.33. The van der Waals surface area contributed by atoms with E-state index in [0.29, 0.717) is 23.7 Å². The Morgan fingerprint density at radius 3 is 1.69 bits per heavy atom. The van der Waals surface area contributed by atoms with Crippen LogP contribution in [0, 0.1) is 29.6 Å². The Hall–Kier alpha value is -1.11. The third kappa shape index (κ3) is 0.963. The van der Waals surface area contributed by atoms with Crippen LogP contribution in [0.1, 0.15) is 0 Å². The molecule has 1 nitrogen and oxygen atoms in total. The van der Waals surface area contributed by atoms with Gasteiger partial charge in [0.1, 0.15) is 6.29 Å². The maximum absolute atomic E-state index is 10.9. The van der Waals surface area contributed by atoms with E-state index in [1.54, 1.807) is 0 Å². The summed E-state index contributed by atoms with van der Waals surface area (Å²) in [6.07, 6.45) is 9.36. The largest absolute Gasteiger partial charge is 0.303 e. The Morgan fingerprint density at radius 1 is 0.923 bits per heavy atom. The maximum Gasteiger partial charge on any atom is 0.124 e. The molecule has 0 heterocycles. The fourth-order valence-corrected chi connectivity index (χ4v) is 2.86. The topological polar surface area (TPSA) is 17.1 Å². The van der Waals surface area contributed by atoms with Crippen LogP contribution in [0.15, 0.2) is 37.5 Å². The molecule has 2 rings (SSSR count). The number of hydrogen-bond donors (Lipinski definition) is 0. The van der Waals surface area contributed by atoms with Gasteiger partial charge in [-0.15, -0.1) is 13.2 Å². The second-order valence-corrected chi connectivity index (χ2v) is 3.88. The predicted octanol–water partition coefficient (Wildman–Crippen LogP) is 2.22. The van der Waals surface area contributed by atoms with Gasteiger partial charge in [0.2, 0.25) is 0 Å². The first-order valence-corrected chi connectivity index (χ1v) is 4.72. The van der Waals surface area contributed by atoms with Crippen LogP contribution in [0.2, 0.25) is 0 Å². The fraction of sp³-hybridized carbons (Fsp3) is 0.417. The Labute approximate surface area is 78.8 Å². The molecular formula is C12H14O. The zero-order chi connectivity index (χ0) is 9.42. The number of hydrogen-bond acceptors (Lipinski definition) is 1. The molecule has 1 unspecified atom stereocenters. The van der Waals surface area contributed by atoms with E-state index in [2.05, 4.69) is 25.3 Å². The fourth-order valence-electron chi connectivity index (χ4n) is 2.86. The molecule has 0 aromatic rings. The number of carbonyl (C=O) groups is 1. The van der Waals surface area contributed by atoms with Crippen molar-refractivity contribution >= 4 is 6.29 Å². The van der Waals surface area contributed by atoms with E-state index in [1.807, 2.05) is 12.2 Å². The zero-order valence-corrected chi connectivity index (χ0v) is 7.60. The van der Waals surface area contributed by atoms with Gasteiger partial charge in [-0.3, -0.25) is 0 Å². The van der Waals surface area contributed by atoms with E-state index in [9.17, 15) is 4.79 Å². The summed E-state index contributed by atoms with van der Waals surface area (Å²) < 4.78 is 0. The van der Waals surface area contributed by atoms with Crippen molar-refractivity contribution in [1.82, 2.24) is 0 Å². The lowest BCUT2D eigenvalue weighted by Crippen LogP contribution is -2.14. The van der Waals surface area contributed by atoms with Gasteiger partial charge in [0.25, 0.3) is 0 Å². The summed E-state index contributed by atoms with van der Waals surface area (Å²) in [6.45, 7) is 7.66. The average molecular weight is 174 g/mol. The highest BCUT2D eigenvalue weighted by atomic mass is 16.1. The van der Waals surface area contributed by atoms with E-state index in [4.69, 9.17) is 0 Å². The molecule has 0 aromatic carbocycles. The van der Waals surface area contributed by atoms with Gasteiger partial charge in [0.15, 0.2) is 0 Å². The van der Waals surface area contributed by atoms with Gasteiger partial charge in [-0.2, -0.15) is 0 Å². The molecule has 0 amide bonds. The van der Waals surface area contributed by atoms with Gasteiger partial charge < -0.3 is 4.79 Å². The summed E-state index contributed by atoms with van der Waals surface area (Å²) in [7, 11) is 0. The molecule has 13 heavy (non-hydrogen) atoms. The Morgan fingerprint density at radius 2 is 1.38 bits per heavy atom. The molecule has 0 spiro atoms. The third-order valence-corrected chi connectivity index (χ3v) is 3.48. The lowest BCUT2D eigenvalue weighted by Gasteiger charge is -2.21. The van der Waals surface area contributed by atoms with Crippen molar-refractivity contribution in [1.29, 1.82) is 0 Å². The van der Waals surface area contributed by atoms with Crippen LogP contribution in [-0.4, -0.2) is 6.29 Å². The summed E-state index contributed by atoms with van der Waals surface area (Å²) in [5.41, 5.74) is 0. The van der Waals surface area contributed by atoms with E-state index < -0.39 is 0 Å². The van der Waals surface area contributed by atoms with Crippen molar-refractivity contribution < 1.29 is 4.79 Å². The number of rotatable bonds is 3. The summed E-state index contributed by atoms with van der Waals surface area (Å²) >= 11 is 0. The van der Waals surface area contributed by atoms with Crippen LogP contribution in [0.25, 0.3) is 0 Å². The second kappa shape index (κ2) is 2.99. The summed E-state index contributed by atoms with van der Waals surface area (Å²) in [5.74, 6) is 1.77. The molecule has 68 valence electrons.